The maximum Gasteiger partial charge on any atom is 0.124 e. The Morgan fingerprint density at radius 3 is 2.67 bits per heavy atom. The molecule has 0 aliphatic heterocycles. The lowest BCUT2D eigenvalue weighted by molar-refractivity contribution is 0.0806. The first-order valence-corrected chi connectivity index (χ1v) is 8.07. The van der Waals surface area contributed by atoms with Crippen LogP contribution in [0.3, 0.4) is 0 Å². The maximum absolute atomic E-state index is 5.88. The number of unbranched alkanes of at least 4 members (excludes halogenated alkanes) is 1. The second-order valence-electron chi connectivity index (χ2n) is 5.32. The van der Waals surface area contributed by atoms with Gasteiger partial charge in [-0.25, -0.2) is 0 Å². The van der Waals surface area contributed by atoms with Crippen LogP contribution < -0.4 is 10.5 Å². The Kier molecular flexibility index (Phi) is 8.31. The molecule has 0 aromatic heterocycles. The molecule has 0 aliphatic rings. The summed E-state index contributed by atoms with van der Waals surface area (Å²) >= 11 is 5.02. The molecule has 0 saturated carbocycles. The van der Waals surface area contributed by atoms with Crippen molar-refractivity contribution >= 4 is 17.2 Å². The number of hydrogen-bond acceptors (Lipinski definition) is 3. The third-order valence-corrected chi connectivity index (χ3v) is 3.96. The molecule has 0 amide bonds. The first-order valence-electron chi connectivity index (χ1n) is 7.66. The number of thiocarbonyl (C=S) groups is 1. The molecular formula is C17H27NO2S. The van der Waals surface area contributed by atoms with Gasteiger partial charge in [-0.3, -0.25) is 0 Å². The van der Waals surface area contributed by atoms with Gasteiger partial charge in [0.05, 0.1) is 13.7 Å². The molecule has 0 heterocycles. The van der Waals surface area contributed by atoms with Gasteiger partial charge in [-0.05, 0) is 30.5 Å². The van der Waals surface area contributed by atoms with Crippen LogP contribution in [0.25, 0.3) is 0 Å². The van der Waals surface area contributed by atoms with E-state index in [4.69, 9.17) is 27.4 Å². The van der Waals surface area contributed by atoms with E-state index < -0.39 is 0 Å². The second kappa shape index (κ2) is 9.74. The van der Waals surface area contributed by atoms with Crippen molar-refractivity contribution in [1.82, 2.24) is 0 Å². The molecule has 0 saturated heterocycles. The lowest BCUT2D eigenvalue weighted by Gasteiger charge is -2.16. The molecule has 2 N–H and O–H groups in total. The molecule has 1 rings (SSSR count). The van der Waals surface area contributed by atoms with Gasteiger partial charge in [-0.1, -0.05) is 45.3 Å². The van der Waals surface area contributed by atoms with Crippen LogP contribution >= 0.6 is 12.2 Å². The Labute approximate surface area is 133 Å². The van der Waals surface area contributed by atoms with Gasteiger partial charge in [0.15, 0.2) is 0 Å². The summed E-state index contributed by atoms with van der Waals surface area (Å²) in [6.07, 6.45) is 4.89. The maximum atomic E-state index is 5.88. The molecule has 4 heteroatoms. The van der Waals surface area contributed by atoms with Crippen molar-refractivity contribution < 1.29 is 9.47 Å². The molecule has 1 aromatic carbocycles. The van der Waals surface area contributed by atoms with E-state index in [0.29, 0.717) is 17.5 Å². The quantitative estimate of drug-likeness (QED) is 0.662. The Bertz CT molecular complexity index is 448. The predicted octanol–water partition coefficient (Wildman–Crippen LogP) is 4.06. The van der Waals surface area contributed by atoms with Gasteiger partial charge in [0.1, 0.15) is 10.7 Å². The molecule has 0 radical (unpaired) electrons. The summed E-state index contributed by atoms with van der Waals surface area (Å²) in [7, 11) is 1.66. The first kappa shape index (κ1) is 17.9. The van der Waals surface area contributed by atoms with E-state index in [1.54, 1.807) is 7.11 Å². The smallest absolute Gasteiger partial charge is 0.124 e. The van der Waals surface area contributed by atoms with Crippen LogP contribution in [0.15, 0.2) is 18.2 Å². The Balaban J connectivity index is 2.60. The van der Waals surface area contributed by atoms with E-state index in [0.717, 1.165) is 29.9 Å². The van der Waals surface area contributed by atoms with Crippen molar-refractivity contribution in [3.05, 3.63) is 29.3 Å². The van der Waals surface area contributed by atoms with Crippen LogP contribution in [-0.4, -0.2) is 18.7 Å². The highest BCUT2D eigenvalue weighted by Gasteiger charge is 2.09. The standard InChI is InChI=1S/C17H27NO2S/c1-4-6-7-13(5-2)11-20-12-15-10-14(17(18)21)8-9-16(15)19-3/h8-10,13H,4-7,11-12H2,1-3H3,(H2,18,21). The zero-order chi connectivity index (χ0) is 15.7. The van der Waals surface area contributed by atoms with E-state index >= 15 is 0 Å². The minimum Gasteiger partial charge on any atom is -0.496 e. The van der Waals surface area contributed by atoms with Crippen LogP contribution in [0.2, 0.25) is 0 Å². The molecule has 118 valence electrons. The van der Waals surface area contributed by atoms with Gasteiger partial charge >= 0.3 is 0 Å². The first-order chi connectivity index (χ1) is 10.1. The van der Waals surface area contributed by atoms with Crippen molar-refractivity contribution in [2.45, 2.75) is 46.1 Å². The molecule has 0 bridgehead atoms. The van der Waals surface area contributed by atoms with Gasteiger partial charge < -0.3 is 15.2 Å². The monoisotopic (exact) mass is 309 g/mol. The lowest BCUT2D eigenvalue weighted by Crippen LogP contribution is -2.12. The normalized spacial score (nSPS) is 12.1. The van der Waals surface area contributed by atoms with Crippen LogP contribution in [0.5, 0.6) is 5.75 Å². The van der Waals surface area contributed by atoms with E-state index in [2.05, 4.69) is 13.8 Å². The number of methoxy groups -OCH3 is 1. The van der Waals surface area contributed by atoms with Crippen molar-refractivity contribution in [3.63, 3.8) is 0 Å². The van der Waals surface area contributed by atoms with Gasteiger partial charge in [-0.2, -0.15) is 0 Å². The summed E-state index contributed by atoms with van der Waals surface area (Å²) in [6, 6.07) is 5.72. The van der Waals surface area contributed by atoms with Crippen LogP contribution in [0.1, 0.15) is 50.7 Å². The Hall–Kier alpha value is -1.13. The summed E-state index contributed by atoms with van der Waals surface area (Å²) < 4.78 is 11.2. The predicted molar refractivity (Wildman–Crippen MR) is 91.8 cm³/mol. The molecule has 3 nitrogen and oxygen atoms in total. The number of hydrogen-bond donors (Lipinski definition) is 1. The third kappa shape index (κ3) is 6.02. The zero-order valence-corrected chi connectivity index (χ0v) is 14.2. The van der Waals surface area contributed by atoms with Gasteiger partial charge in [0.25, 0.3) is 0 Å². The topological polar surface area (TPSA) is 44.5 Å². The highest BCUT2D eigenvalue weighted by molar-refractivity contribution is 7.80. The van der Waals surface area contributed by atoms with Gasteiger partial charge in [-0.15, -0.1) is 0 Å². The highest BCUT2D eigenvalue weighted by atomic mass is 32.1. The van der Waals surface area contributed by atoms with Crippen LogP contribution in [0, 0.1) is 5.92 Å². The zero-order valence-electron chi connectivity index (χ0n) is 13.4. The van der Waals surface area contributed by atoms with Crippen molar-refractivity contribution in [3.8, 4) is 5.75 Å². The van der Waals surface area contributed by atoms with E-state index in [1.165, 1.54) is 19.3 Å². The van der Waals surface area contributed by atoms with Crippen molar-refractivity contribution in [2.24, 2.45) is 11.7 Å². The molecule has 0 spiro atoms. The van der Waals surface area contributed by atoms with E-state index in [9.17, 15) is 0 Å². The van der Waals surface area contributed by atoms with Crippen LogP contribution in [0.4, 0.5) is 0 Å². The summed E-state index contributed by atoms with van der Waals surface area (Å²) in [5.74, 6) is 1.45. The molecular weight excluding hydrogens is 282 g/mol. The summed E-state index contributed by atoms with van der Waals surface area (Å²) in [6.45, 7) is 5.76. The summed E-state index contributed by atoms with van der Waals surface area (Å²) in [5.41, 5.74) is 7.52. The fourth-order valence-electron chi connectivity index (χ4n) is 2.28. The summed E-state index contributed by atoms with van der Waals surface area (Å²) in [5, 5.41) is 0. The average Bonchev–Trinajstić information content (AvgIpc) is 2.50. The Morgan fingerprint density at radius 1 is 1.33 bits per heavy atom. The minimum absolute atomic E-state index is 0.397. The highest BCUT2D eigenvalue weighted by Crippen LogP contribution is 2.22. The molecule has 0 fully saturated rings. The van der Waals surface area contributed by atoms with E-state index in [1.807, 2.05) is 18.2 Å². The fourth-order valence-corrected chi connectivity index (χ4v) is 2.41. The number of benzene rings is 1. The van der Waals surface area contributed by atoms with Gasteiger partial charge in [0.2, 0.25) is 0 Å². The fraction of sp³-hybridized carbons (Fsp3) is 0.588. The third-order valence-electron chi connectivity index (χ3n) is 3.72. The molecule has 0 aliphatic carbocycles. The second-order valence-corrected chi connectivity index (χ2v) is 5.76. The van der Waals surface area contributed by atoms with Gasteiger partial charge in [0, 0.05) is 17.7 Å². The van der Waals surface area contributed by atoms with Crippen molar-refractivity contribution in [2.75, 3.05) is 13.7 Å². The molecule has 21 heavy (non-hydrogen) atoms. The lowest BCUT2D eigenvalue weighted by atomic mass is 10.0. The van der Waals surface area contributed by atoms with Crippen LogP contribution in [-0.2, 0) is 11.3 Å². The molecule has 1 unspecified atom stereocenters. The average molecular weight is 309 g/mol. The molecule has 1 aromatic rings. The number of nitrogens with two attached hydrogens (primary N) is 1. The van der Waals surface area contributed by atoms with Crippen molar-refractivity contribution in [1.29, 1.82) is 0 Å². The van der Waals surface area contributed by atoms with E-state index in [-0.39, 0.29) is 0 Å². The number of ether oxygens (including phenoxy) is 2. The summed E-state index contributed by atoms with van der Waals surface area (Å²) in [4.78, 5) is 0.397. The SMILES string of the molecule is CCCCC(CC)COCc1cc(C(N)=S)ccc1OC. The number of rotatable bonds is 10. The Morgan fingerprint density at radius 2 is 2.10 bits per heavy atom. The minimum atomic E-state index is 0.397. The molecule has 1 atom stereocenters. The largest absolute Gasteiger partial charge is 0.496 e.